The molecule has 0 saturated carbocycles. The minimum atomic E-state index is -2.06. The molecule has 1 atom stereocenters. The number of aliphatic hydroxyl groups is 1. The van der Waals surface area contributed by atoms with E-state index in [0.29, 0.717) is 17.7 Å². The first-order valence-corrected chi connectivity index (χ1v) is 7.69. The van der Waals surface area contributed by atoms with Gasteiger partial charge in [0.1, 0.15) is 17.5 Å². The fourth-order valence-electron chi connectivity index (χ4n) is 2.94. The van der Waals surface area contributed by atoms with Crippen molar-refractivity contribution in [3.8, 4) is 0 Å². The van der Waals surface area contributed by atoms with Crippen molar-refractivity contribution >= 4 is 17.1 Å². The molecule has 0 amide bonds. The Morgan fingerprint density at radius 2 is 1.64 bits per heavy atom. The molecule has 1 unspecified atom stereocenters. The van der Waals surface area contributed by atoms with Crippen molar-refractivity contribution in [1.82, 2.24) is 0 Å². The number of halogens is 3. The van der Waals surface area contributed by atoms with Gasteiger partial charge in [0.25, 0.3) is 0 Å². The largest absolute Gasteiger partial charge is 0.425 e. The maximum Gasteiger partial charge on any atom is 0.342 e. The highest BCUT2D eigenvalue weighted by Gasteiger charge is 2.45. The third-order valence-electron chi connectivity index (χ3n) is 4.12. The summed E-state index contributed by atoms with van der Waals surface area (Å²) in [5.74, 6) is -6.74. The summed E-state index contributed by atoms with van der Waals surface area (Å²) >= 11 is 0. The van der Waals surface area contributed by atoms with Crippen LogP contribution in [0.1, 0.15) is 30.5 Å². The van der Waals surface area contributed by atoms with Crippen molar-refractivity contribution in [1.29, 1.82) is 0 Å². The second-order valence-electron chi connectivity index (χ2n) is 5.92. The van der Waals surface area contributed by atoms with Crippen LogP contribution in [0.4, 0.5) is 13.2 Å². The molecule has 6 heteroatoms. The zero-order valence-electron chi connectivity index (χ0n) is 13.6. The molecule has 2 aromatic rings. The summed E-state index contributed by atoms with van der Waals surface area (Å²) < 4.78 is 46.5. The number of aryl methyl sites for hydroxylation is 1. The van der Waals surface area contributed by atoms with Crippen molar-refractivity contribution in [3.05, 3.63) is 70.5 Å². The van der Waals surface area contributed by atoms with E-state index < -0.39 is 40.3 Å². The van der Waals surface area contributed by atoms with Gasteiger partial charge in [0.15, 0.2) is 0 Å². The van der Waals surface area contributed by atoms with Gasteiger partial charge < -0.3 is 9.84 Å². The number of cyclic esters (lactones) is 1. The minimum Gasteiger partial charge on any atom is -0.425 e. The van der Waals surface area contributed by atoms with E-state index in [1.54, 1.807) is 24.3 Å². The zero-order chi connectivity index (χ0) is 18.4. The maximum absolute atomic E-state index is 14.2. The van der Waals surface area contributed by atoms with Crippen molar-refractivity contribution in [2.24, 2.45) is 0 Å². The Morgan fingerprint density at radius 1 is 1.08 bits per heavy atom. The summed E-state index contributed by atoms with van der Waals surface area (Å²) in [6, 6.07) is 7.76. The maximum atomic E-state index is 14.2. The number of carbonyl (C=O) groups is 1. The molecule has 1 N–H and O–H groups in total. The van der Waals surface area contributed by atoms with Crippen molar-refractivity contribution in [2.75, 3.05) is 0 Å². The van der Waals surface area contributed by atoms with E-state index in [-0.39, 0.29) is 5.57 Å². The lowest BCUT2D eigenvalue weighted by atomic mass is 9.90. The molecule has 1 aliphatic rings. The number of carbonyl (C=O) groups excluding carboxylic acids is 1. The van der Waals surface area contributed by atoms with E-state index in [4.69, 9.17) is 4.74 Å². The van der Waals surface area contributed by atoms with E-state index in [2.05, 4.69) is 0 Å². The molecule has 0 aromatic heterocycles. The molecule has 2 aromatic carbocycles. The molecule has 0 radical (unpaired) electrons. The van der Waals surface area contributed by atoms with Gasteiger partial charge in [0, 0.05) is 24.6 Å². The predicted octanol–water partition coefficient (Wildman–Crippen LogP) is 3.84. The lowest BCUT2D eigenvalue weighted by Gasteiger charge is -2.20. The van der Waals surface area contributed by atoms with Gasteiger partial charge in [-0.2, -0.15) is 0 Å². The number of esters is 1. The van der Waals surface area contributed by atoms with Crippen molar-refractivity contribution in [2.45, 2.75) is 26.1 Å². The highest BCUT2D eigenvalue weighted by atomic mass is 19.1. The number of rotatable bonds is 3. The van der Waals surface area contributed by atoms with Crippen molar-refractivity contribution in [3.63, 3.8) is 0 Å². The zero-order valence-corrected chi connectivity index (χ0v) is 13.6. The quantitative estimate of drug-likeness (QED) is 0.858. The Kier molecular flexibility index (Phi) is 4.16. The van der Waals surface area contributed by atoms with Crippen LogP contribution >= 0.6 is 0 Å². The Balaban J connectivity index is 2.30. The molecular formula is C19H15F3O3. The van der Waals surface area contributed by atoms with Gasteiger partial charge in [-0.05, 0) is 17.5 Å². The van der Waals surface area contributed by atoms with Crippen LogP contribution < -0.4 is 0 Å². The number of hydrogen-bond acceptors (Lipinski definition) is 3. The average molecular weight is 348 g/mol. The van der Waals surface area contributed by atoms with E-state index >= 15 is 0 Å². The summed E-state index contributed by atoms with van der Waals surface area (Å²) in [4.78, 5) is 12.2. The Labute approximate surface area is 142 Å². The van der Waals surface area contributed by atoms with Gasteiger partial charge in [-0.25, -0.2) is 18.0 Å². The predicted molar refractivity (Wildman–Crippen MR) is 85.7 cm³/mol. The summed E-state index contributed by atoms with van der Waals surface area (Å²) in [5, 5.41) is 10.5. The summed E-state index contributed by atoms with van der Waals surface area (Å²) in [7, 11) is 0. The molecule has 1 aliphatic heterocycles. The first-order chi connectivity index (χ1) is 11.7. The summed E-state index contributed by atoms with van der Waals surface area (Å²) in [5.41, 5.74) is 0.147. The van der Waals surface area contributed by atoms with E-state index in [9.17, 15) is 23.1 Å². The van der Waals surface area contributed by atoms with Crippen LogP contribution in [0, 0.1) is 17.5 Å². The van der Waals surface area contributed by atoms with Gasteiger partial charge in [0.05, 0.1) is 11.1 Å². The fourth-order valence-corrected chi connectivity index (χ4v) is 2.94. The van der Waals surface area contributed by atoms with Gasteiger partial charge >= 0.3 is 5.97 Å². The van der Waals surface area contributed by atoms with Gasteiger partial charge in [-0.1, -0.05) is 31.2 Å². The minimum absolute atomic E-state index is 0.0652. The summed E-state index contributed by atoms with van der Waals surface area (Å²) in [6.07, 6.45) is 0.777. The molecule has 0 saturated heterocycles. The first-order valence-electron chi connectivity index (χ1n) is 7.69. The van der Waals surface area contributed by atoms with E-state index in [1.165, 1.54) is 6.92 Å². The Morgan fingerprint density at radius 3 is 2.16 bits per heavy atom. The molecule has 0 bridgehead atoms. The van der Waals surface area contributed by atoms with Crippen LogP contribution in [0.3, 0.4) is 0 Å². The second-order valence-corrected chi connectivity index (χ2v) is 5.92. The molecule has 3 nitrogen and oxygen atoms in total. The average Bonchev–Trinajstić information content (AvgIpc) is 2.75. The molecule has 0 aliphatic carbocycles. The van der Waals surface area contributed by atoms with Crippen LogP contribution in [0.15, 0.2) is 36.4 Å². The molecule has 25 heavy (non-hydrogen) atoms. The molecule has 130 valence electrons. The third-order valence-corrected chi connectivity index (χ3v) is 4.12. The molecule has 0 fully saturated rings. The molecule has 3 rings (SSSR count). The third kappa shape index (κ3) is 2.93. The normalized spacial score (nSPS) is 20.2. The molecule has 0 spiro atoms. The Bertz CT molecular complexity index is 860. The fraction of sp³-hybridized carbons (Fsp3) is 0.211. The highest BCUT2D eigenvalue weighted by molar-refractivity contribution is 6.28. The van der Waals surface area contributed by atoms with Crippen LogP contribution in [-0.2, 0) is 16.0 Å². The van der Waals surface area contributed by atoms with Crippen LogP contribution in [-0.4, -0.2) is 16.9 Å². The van der Waals surface area contributed by atoms with Gasteiger partial charge in [0.2, 0.25) is 5.79 Å². The van der Waals surface area contributed by atoms with Crippen LogP contribution in [0.5, 0.6) is 0 Å². The molecular weight excluding hydrogens is 333 g/mol. The van der Waals surface area contributed by atoms with Crippen LogP contribution in [0.2, 0.25) is 0 Å². The SMILES string of the molecule is CCc1ccc(C2=C(c3c(F)cc(F)cc3F)C(=O)OC2(C)O)cc1. The summed E-state index contributed by atoms with van der Waals surface area (Å²) in [6.45, 7) is 3.17. The lowest BCUT2D eigenvalue weighted by molar-refractivity contribution is -0.169. The van der Waals surface area contributed by atoms with Gasteiger partial charge in [-0.15, -0.1) is 0 Å². The van der Waals surface area contributed by atoms with Gasteiger partial charge in [-0.3, -0.25) is 0 Å². The topological polar surface area (TPSA) is 46.5 Å². The lowest BCUT2D eigenvalue weighted by Crippen LogP contribution is -2.26. The molecule has 1 heterocycles. The number of hydrogen-bond donors (Lipinski definition) is 1. The number of ether oxygens (including phenoxy) is 1. The second kappa shape index (κ2) is 6.04. The van der Waals surface area contributed by atoms with E-state index in [1.807, 2.05) is 6.92 Å². The van der Waals surface area contributed by atoms with Crippen molar-refractivity contribution < 1.29 is 27.8 Å². The smallest absolute Gasteiger partial charge is 0.342 e. The monoisotopic (exact) mass is 348 g/mol. The van der Waals surface area contributed by atoms with E-state index in [0.717, 1.165) is 12.0 Å². The first kappa shape index (κ1) is 17.2. The highest BCUT2D eigenvalue weighted by Crippen LogP contribution is 2.43. The standard InChI is InChI=1S/C19H15F3O3/c1-3-10-4-6-11(7-5-10)17-16(18(23)25-19(17,2)24)15-13(21)8-12(20)9-14(15)22/h4-9,24H,3H2,1-2H3. The Hall–Kier alpha value is -2.60. The van der Waals surface area contributed by atoms with Crippen LogP contribution in [0.25, 0.3) is 11.1 Å². The number of benzene rings is 2.